The number of aromatic carboxylic acids is 1. The van der Waals surface area contributed by atoms with Gasteiger partial charge in [0.25, 0.3) is 0 Å². The first-order valence-electron chi connectivity index (χ1n) is 6.34. The second kappa shape index (κ2) is 5.39. The van der Waals surface area contributed by atoms with Gasteiger partial charge in [-0.1, -0.05) is 18.5 Å². The molecule has 2 rings (SSSR count). The van der Waals surface area contributed by atoms with Crippen LogP contribution in [0.3, 0.4) is 0 Å². The Morgan fingerprint density at radius 3 is 2.63 bits per heavy atom. The molecule has 0 bridgehead atoms. The monoisotopic (exact) mass is 282 g/mol. The zero-order chi connectivity index (χ0) is 14.2. The third kappa shape index (κ3) is 2.85. The molecule has 1 aromatic rings. The molecule has 1 saturated heterocycles. The first kappa shape index (κ1) is 14.2. The number of rotatable bonds is 3. The molecule has 19 heavy (non-hydrogen) atoms. The number of carbonyl (C=O) groups is 1. The summed E-state index contributed by atoms with van der Waals surface area (Å²) >= 11 is 6.01. The molecule has 2 unspecified atom stereocenters. The fraction of sp³-hybridized carbons (Fsp3) is 0.500. The summed E-state index contributed by atoms with van der Waals surface area (Å²) in [5.41, 5.74) is 1.03. The summed E-state index contributed by atoms with van der Waals surface area (Å²) < 4.78 is 0. The molecule has 1 aliphatic heterocycles. The number of hydrogen-bond donors (Lipinski definition) is 1. The summed E-state index contributed by atoms with van der Waals surface area (Å²) in [7, 11) is 4.11. The third-order valence-corrected chi connectivity index (χ3v) is 4.00. The Balaban J connectivity index is 2.33. The molecule has 0 saturated carbocycles. The number of carboxylic acids is 1. The number of hydrogen-bond acceptors (Lipinski definition) is 3. The van der Waals surface area contributed by atoms with E-state index in [2.05, 4.69) is 30.8 Å². The van der Waals surface area contributed by atoms with Crippen molar-refractivity contribution in [2.75, 3.05) is 32.1 Å². The lowest BCUT2D eigenvalue weighted by molar-refractivity contribution is 0.0697. The van der Waals surface area contributed by atoms with Crippen LogP contribution in [0, 0.1) is 5.92 Å². The van der Waals surface area contributed by atoms with E-state index >= 15 is 0 Å². The highest BCUT2D eigenvalue weighted by Crippen LogP contribution is 2.31. The predicted molar refractivity (Wildman–Crippen MR) is 77.3 cm³/mol. The second-order valence-corrected chi connectivity index (χ2v) is 5.82. The van der Waals surface area contributed by atoms with Gasteiger partial charge in [0.1, 0.15) is 0 Å². The molecule has 0 aliphatic carbocycles. The van der Waals surface area contributed by atoms with Crippen molar-refractivity contribution >= 4 is 23.3 Å². The molecule has 1 heterocycles. The molecule has 1 fully saturated rings. The van der Waals surface area contributed by atoms with Crippen molar-refractivity contribution in [1.82, 2.24) is 4.90 Å². The van der Waals surface area contributed by atoms with Crippen molar-refractivity contribution in [1.29, 1.82) is 0 Å². The van der Waals surface area contributed by atoms with E-state index in [1.807, 2.05) is 0 Å². The molecule has 1 aromatic carbocycles. The standard InChI is InChI=1S/C14H19ClN2O2/c1-9-7-17(8-13(9)16(2)3)12-6-10(15)4-5-11(12)14(18)19/h4-6,9,13H,7-8H2,1-3H3,(H,18,19). The number of halogens is 1. The number of likely N-dealkylation sites (N-methyl/N-ethyl adjacent to an activating group) is 1. The molecule has 2 atom stereocenters. The van der Waals surface area contributed by atoms with Crippen LogP contribution in [0.25, 0.3) is 0 Å². The molecular formula is C14H19ClN2O2. The van der Waals surface area contributed by atoms with E-state index in [1.165, 1.54) is 0 Å². The van der Waals surface area contributed by atoms with Crippen molar-refractivity contribution in [2.24, 2.45) is 5.92 Å². The summed E-state index contributed by atoms with van der Waals surface area (Å²) in [6.07, 6.45) is 0. The number of benzene rings is 1. The Hall–Kier alpha value is -1.26. The summed E-state index contributed by atoms with van der Waals surface area (Å²) in [6, 6.07) is 5.38. The van der Waals surface area contributed by atoms with Crippen LogP contribution in [0.15, 0.2) is 18.2 Å². The van der Waals surface area contributed by atoms with Crippen molar-refractivity contribution in [3.8, 4) is 0 Å². The molecule has 1 N–H and O–H groups in total. The van der Waals surface area contributed by atoms with E-state index in [0.717, 1.165) is 18.8 Å². The van der Waals surface area contributed by atoms with Gasteiger partial charge in [-0.2, -0.15) is 0 Å². The van der Waals surface area contributed by atoms with Crippen molar-refractivity contribution in [2.45, 2.75) is 13.0 Å². The van der Waals surface area contributed by atoms with Crippen LogP contribution in [0.2, 0.25) is 5.02 Å². The first-order valence-corrected chi connectivity index (χ1v) is 6.72. The zero-order valence-corrected chi connectivity index (χ0v) is 12.2. The SMILES string of the molecule is CC1CN(c2cc(Cl)ccc2C(=O)O)CC1N(C)C. The van der Waals surface area contributed by atoms with Gasteiger partial charge in [0.2, 0.25) is 0 Å². The highest BCUT2D eigenvalue weighted by Gasteiger charge is 2.32. The topological polar surface area (TPSA) is 43.8 Å². The van der Waals surface area contributed by atoms with Gasteiger partial charge < -0.3 is 14.9 Å². The summed E-state index contributed by atoms with van der Waals surface area (Å²) in [4.78, 5) is 15.6. The minimum atomic E-state index is -0.910. The predicted octanol–water partition coefficient (Wildman–Crippen LogP) is 2.42. The average Bonchev–Trinajstić information content (AvgIpc) is 2.70. The highest BCUT2D eigenvalue weighted by atomic mass is 35.5. The van der Waals surface area contributed by atoms with Crippen molar-refractivity contribution < 1.29 is 9.90 Å². The van der Waals surface area contributed by atoms with Gasteiger partial charge in [-0.25, -0.2) is 4.79 Å². The summed E-state index contributed by atoms with van der Waals surface area (Å²) in [5.74, 6) is -0.414. The zero-order valence-electron chi connectivity index (χ0n) is 11.4. The maximum Gasteiger partial charge on any atom is 0.337 e. The normalized spacial score (nSPS) is 23.1. The van der Waals surface area contributed by atoms with Gasteiger partial charge in [0.05, 0.1) is 11.3 Å². The van der Waals surface area contributed by atoms with E-state index in [-0.39, 0.29) is 0 Å². The molecule has 4 nitrogen and oxygen atoms in total. The van der Waals surface area contributed by atoms with E-state index in [1.54, 1.807) is 18.2 Å². The quantitative estimate of drug-likeness (QED) is 0.925. The van der Waals surface area contributed by atoms with Gasteiger partial charge in [-0.05, 0) is 38.2 Å². The van der Waals surface area contributed by atoms with E-state index in [4.69, 9.17) is 11.6 Å². The van der Waals surface area contributed by atoms with Crippen LogP contribution in [-0.2, 0) is 0 Å². The average molecular weight is 283 g/mol. The summed E-state index contributed by atoms with van der Waals surface area (Å²) in [6.45, 7) is 3.87. The van der Waals surface area contributed by atoms with E-state index < -0.39 is 5.97 Å². The minimum Gasteiger partial charge on any atom is -0.478 e. The fourth-order valence-electron chi connectivity index (χ4n) is 2.77. The van der Waals surface area contributed by atoms with Crippen LogP contribution >= 0.6 is 11.6 Å². The first-order chi connectivity index (χ1) is 8.90. The second-order valence-electron chi connectivity index (χ2n) is 5.38. The third-order valence-electron chi connectivity index (χ3n) is 3.77. The Morgan fingerprint density at radius 2 is 2.11 bits per heavy atom. The number of carboxylic acid groups (broad SMARTS) is 1. The molecule has 5 heteroatoms. The van der Waals surface area contributed by atoms with E-state index in [0.29, 0.717) is 22.5 Å². The van der Waals surface area contributed by atoms with Crippen LogP contribution < -0.4 is 4.90 Å². The maximum atomic E-state index is 11.3. The van der Waals surface area contributed by atoms with Gasteiger partial charge >= 0.3 is 5.97 Å². The molecule has 0 radical (unpaired) electrons. The lowest BCUT2D eigenvalue weighted by Gasteiger charge is -2.23. The van der Waals surface area contributed by atoms with Gasteiger partial charge in [0, 0.05) is 24.2 Å². The Morgan fingerprint density at radius 1 is 1.42 bits per heavy atom. The Bertz CT molecular complexity index is 490. The smallest absolute Gasteiger partial charge is 0.337 e. The molecular weight excluding hydrogens is 264 g/mol. The number of anilines is 1. The number of nitrogens with zero attached hydrogens (tertiary/aromatic N) is 2. The van der Waals surface area contributed by atoms with Crippen molar-refractivity contribution in [3.05, 3.63) is 28.8 Å². The van der Waals surface area contributed by atoms with Crippen LogP contribution in [0.4, 0.5) is 5.69 Å². The molecule has 0 aromatic heterocycles. The summed E-state index contributed by atoms with van der Waals surface area (Å²) in [5, 5.41) is 9.85. The Labute approximate surface area is 118 Å². The minimum absolute atomic E-state index is 0.316. The van der Waals surface area contributed by atoms with Crippen LogP contribution in [-0.4, -0.2) is 49.2 Å². The van der Waals surface area contributed by atoms with Crippen molar-refractivity contribution in [3.63, 3.8) is 0 Å². The van der Waals surface area contributed by atoms with Crippen LogP contribution in [0.5, 0.6) is 0 Å². The molecule has 0 spiro atoms. The maximum absolute atomic E-state index is 11.3. The van der Waals surface area contributed by atoms with Gasteiger partial charge in [0.15, 0.2) is 0 Å². The largest absolute Gasteiger partial charge is 0.478 e. The van der Waals surface area contributed by atoms with Gasteiger partial charge in [-0.15, -0.1) is 0 Å². The molecule has 104 valence electrons. The van der Waals surface area contributed by atoms with E-state index in [9.17, 15) is 9.90 Å². The molecule has 1 aliphatic rings. The van der Waals surface area contributed by atoms with Gasteiger partial charge in [-0.3, -0.25) is 0 Å². The molecule has 0 amide bonds. The highest BCUT2D eigenvalue weighted by molar-refractivity contribution is 6.31. The van der Waals surface area contributed by atoms with Crippen LogP contribution in [0.1, 0.15) is 17.3 Å². The lowest BCUT2D eigenvalue weighted by atomic mass is 10.1. The Kier molecular flexibility index (Phi) is 4.02. The lowest BCUT2D eigenvalue weighted by Crippen LogP contribution is -2.34. The fourth-order valence-corrected chi connectivity index (χ4v) is 2.93.